The molecular formula is C14H25N3O. The van der Waals surface area contributed by atoms with Crippen LogP contribution in [0, 0.1) is 0 Å². The van der Waals surface area contributed by atoms with Gasteiger partial charge < -0.3 is 9.84 Å². The molecule has 1 aromatic heterocycles. The summed E-state index contributed by atoms with van der Waals surface area (Å²) in [6, 6.07) is 0.700. The molecule has 4 nitrogen and oxygen atoms in total. The van der Waals surface area contributed by atoms with Crippen molar-refractivity contribution >= 4 is 0 Å². The van der Waals surface area contributed by atoms with Crippen LogP contribution in [0.2, 0.25) is 0 Å². The molecule has 0 amide bonds. The summed E-state index contributed by atoms with van der Waals surface area (Å²) in [7, 11) is 0. The Hall–Kier alpha value is -0.900. The molecule has 4 heteroatoms. The number of nitrogens with zero attached hydrogens (tertiary/aromatic N) is 2. The molecule has 0 bridgehead atoms. The molecule has 2 rings (SSSR count). The van der Waals surface area contributed by atoms with Gasteiger partial charge in [-0.3, -0.25) is 0 Å². The van der Waals surface area contributed by atoms with Gasteiger partial charge in [0.05, 0.1) is 6.54 Å². The lowest BCUT2D eigenvalue weighted by Gasteiger charge is -1.97. The first kappa shape index (κ1) is 13.5. The zero-order chi connectivity index (χ0) is 12.6. The molecule has 1 aromatic rings. The lowest BCUT2D eigenvalue weighted by atomic mass is 10.1. The Bertz CT molecular complexity index is 334. The van der Waals surface area contributed by atoms with E-state index >= 15 is 0 Å². The van der Waals surface area contributed by atoms with Gasteiger partial charge in [-0.05, 0) is 19.3 Å². The SMILES string of the molecule is CCCCCCCCc1nc(CNC2CC2)no1. The second kappa shape index (κ2) is 7.52. The van der Waals surface area contributed by atoms with Crippen molar-refractivity contribution in [2.75, 3.05) is 0 Å². The number of aromatic nitrogens is 2. The monoisotopic (exact) mass is 251 g/mol. The van der Waals surface area contributed by atoms with E-state index in [-0.39, 0.29) is 0 Å². The van der Waals surface area contributed by atoms with E-state index in [2.05, 4.69) is 22.4 Å². The Morgan fingerprint density at radius 1 is 1.17 bits per heavy atom. The van der Waals surface area contributed by atoms with E-state index < -0.39 is 0 Å². The maximum Gasteiger partial charge on any atom is 0.226 e. The van der Waals surface area contributed by atoms with Gasteiger partial charge in [-0.2, -0.15) is 4.98 Å². The highest BCUT2D eigenvalue weighted by Crippen LogP contribution is 2.18. The molecule has 0 spiro atoms. The first-order valence-corrected chi connectivity index (χ1v) is 7.43. The Morgan fingerprint density at radius 2 is 1.94 bits per heavy atom. The van der Waals surface area contributed by atoms with Gasteiger partial charge in [0.15, 0.2) is 5.82 Å². The molecule has 0 unspecified atom stereocenters. The average Bonchev–Trinajstić information content (AvgIpc) is 3.11. The van der Waals surface area contributed by atoms with Gasteiger partial charge in [-0.15, -0.1) is 0 Å². The van der Waals surface area contributed by atoms with Crippen molar-refractivity contribution in [3.05, 3.63) is 11.7 Å². The zero-order valence-corrected chi connectivity index (χ0v) is 11.5. The van der Waals surface area contributed by atoms with Crippen LogP contribution >= 0.6 is 0 Å². The molecule has 0 saturated heterocycles. The average molecular weight is 251 g/mol. The number of aryl methyl sites for hydroxylation is 1. The molecule has 18 heavy (non-hydrogen) atoms. The summed E-state index contributed by atoms with van der Waals surface area (Å²) in [6.45, 7) is 3.00. The van der Waals surface area contributed by atoms with Crippen molar-refractivity contribution in [3.8, 4) is 0 Å². The summed E-state index contributed by atoms with van der Waals surface area (Å²) in [5, 5.41) is 7.39. The van der Waals surface area contributed by atoms with Gasteiger partial charge in [0.25, 0.3) is 0 Å². The molecule has 1 aliphatic rings. The molecule has 1 heterocycles. The predicted octanol–water partition coefficient (Wildman–Crippen LogP) is 3.22. The fraction of sp³-hybridized carbons (Fsp3) is 0.857. The summed E-state index contributed by atoms with van der Waals surface area (Å²) >= 11 is 0. The molecule has 1 aliphatic carbocycles. The highest BCUT2D eigenvalue weighted by Gasteiger charge is 2.20. The van der Waals surface area contributed by atoms with Crippen molar-refractivity contribution in [3.63, 3.8) is 0 Å². The number of hydrogen-bond acceptors (Lipinski definition) is 4. The Kier molecular flexibility index (Phi) is 5.65. The van der Waals surface area contributed by atoms with Gasteiger partial charge in [0.1, 0.15) is 0 Å². The van der Waals surface area contributed by atoms with E-state index in [1.807, 2.05) is 0 Å². The molecule has 0 radical (unpaired) electrons. The number of nitrogens with one attached hydrogen (secondary N) is 1. The number of hydrogen-bond donors (Lipinski definition) is 1. The Labute approximate surface area is 110 Å². The highest BCUT2D eigenvalue weighted by molar-refractivity contribution is 4.89. The minimum atomic E-state index is 0.700. The fourth-order valence-corrected chi connectivity index (χ4v) is 2.04. The van der Waals surface area contributed by atoms with E-state index in [1.165, 1.54) is 51.4 Å². The van der Waals surface area contributed by atoms with Crippen LogP contribution in [-0.2, 0) is 13.0 Å². The Balaban J connectivity index is 1.54. The van der Waals surface area contributed by atoms with Crippen molar-refractivity contribution in [2.24, 2.45) is 0 Å². The van der Waals surface area contributed by atoms with Crippen LogP contribution in [0.1, 0.15) is 70.0 Å². The van der Waals surface area contributed by atoms with Crippen LogP contribution in [0.25, 0.3) is 0 Å². The molecule has 0 atom stereocenters. The minimum Gasteiger partial charge on any atom is -0.339 e. The molecule has 0 aliphatic heterocycles. The third kappa shape index (κ3) is 5.17. The lowest BCUT2D eigenvalue weighted by Crippen LogP contribution is -2.16. The summed E-state index contributed by atoms with van der Waals surface area (Å²) in [5.74, 6) is 1.61. The quantitative estimate of drug-likeness (QED) is 0.649. The maximum absolute atomic E-state index is 5.24. The Morgan fingerprint density at radius 3 is 2.72 bits per heavy atom. The lowest BCUT2D eigenvalue weighted by molar-refractivity contribution is 0.367. The van der Waals surface area contributed by atoms with Crippen molar-refractivity contribution in [1.29, 1.82) is 0 Å². The summed E-state index contributed by atoms with van der Waals surface area (Å²) in [4.78, 5) is 4.40. The smallest absolute Gasteiger partial charge is 0.226 e. The third-order valence-corrected chi connectivity index (χ3v) is 3.38. The van der Waals surface area contributed by atoms with E-state index in [9.17, 15) is 0 Å². The first-order valence-electron chi connectivity index (χ1n) is 7.43. The first-order chi connectivity index (χ1) is 8.88. The number of unbranched alkanes of at least 4 members (excludes halogenated alkanes) is 5. The summed E-state index contributed by atoms with van der Waals surface area (Å²) in [5.41, 5.74) is 0. The molecule has 1 fully saturated rings. The minimum absolute atomic E-state index is 0.700. The van der Waals surface area contributed by atoms with Gasteiger partial charge >= 0.3 is 0 Å². The fourth-order valence-electron chi connectivity index (χ4n) is 2.04. The van der Waals surface area contributed by atoms with Crippen LogP contribution in [0.4, 0.5) is 0 Å². The maximum atomic E-state index is 5.24. The van der Waals surface area contributed by atoms with Gasteiger partial charge in [-0.25, -0.2) is 0 Å². The summed E-state index contributed by atoms with van der Waals surface area (Å²) < 4.78 is 5.24. The highest BCUT2D eigenvalue weighted by atomic mass is 16.5. The molecule has 102 valence electrons. The molecule has 1 saturated carbocycles. The van der Waals surface area contributed by atoms with Crippen molar-refractivity contribution in [1.82, 2.24) is 15.5 Å². The van der Waals surface area contributed by atoms with E-state index in [1.54, 1.807) is 0 Å². The van der Waals surface area contributed by atoms with Crippen LogP contribution < -0.4 is 5.32 Å². The zero-order valence-electron chi connectivity index (χ0n) is 11.5. The molecule has 1 N–H and O–H groups in total. The summed E-state index contributed by atoms with van der Waals surface area (Å²) in [6.07, 6.45) is 11.3. The number of rotatable bonds is 10. The van der Waals surface area contributed by atoms with Crippen LogP contribution in [-0.4, -0.2) is 16.2 Å². The molecule has 0 aromatic carbocycles. The predicted molar refractivity (Wildman–Crippen MR) is 71.2 cm³/mol. The van der Waals surface area contributed by atoms with E-state index in [4.69, 9.17) is 4.52 Å². The van der Waals surface area contributed by atoms with Crippen LogP contribution in [0.3, 0.4) is 0 Å². The second-order valence-corrected chi connectivity index (χ2v) is 5.28. The van der Waals surface area contributed by atoms with Gasteiger partial charge in [0.2, 0.25) is 5.89 Å². The second-order valence-electron chi connectivity index (χ2n) is 5.28. The standard InChI is InChI=1S/C14H25N3O/c1-2-3-4-5-6-7-8-14-16-13(17-18-14)11-15-12-9-10-12/h12,15H,2-11H2,1H3. The van der Waals surface area contributed by atoms with Crippen molar-refractivity contribution in [2.45, 2.75) is 77.3 Å². The van der Waals surface area contributed by atoms with Gasteiger partial charge in [-0.1, -0.05) is 44.2 Å². The van der Waals surface area contributed by atoms with E-state index in [0.717, 1.165) is 24.7 Å². The topological polar surface area (TPSA) is 51.0 Å². The third-order valence-electron chi connectivity index (χ3n) is 3.38. The van der Waals surface area contributed by atoms with Crippen LogP contribution in [0.15, 0.2) is 4.52 Å². The van der Waals surface area contributed by atoms with E-state index in [0.29, 0.717) is 6.04 Å². The van der Waals surface area contributed by atoms with Crippen LogP contribution in [0.5, 0.6) is 0 Å². The largest absolute Gasteiger partial charge is 0.339 e. The van der Waals surface area contributed by atoms with Gasteiger partial charge in [0, 0.05) is 12.5 Å². The normalized spacial score (nSPS) is 15.2. The molecular weight excluding hydrogens is 226 g/mol. The van der Waals surface area contributed by atoms with Crippen molar-refractivity contribution < 1.29 is 4.52 Å².